The molecule has 11 heavy (non-hydrogen) atoms. The van der Waals surface area contributed by atoms with Crippen molar-refractivity contribution in [1.29, 1.82) is 0 Å². The summed E-state index contributed by atoms with van der Waals surface area (Å²) in [6, 6.07) is 9.38. The fourth-order valence-corrected chi connectivity index (χ4v) is 0.859. The van der Waals surface area contributed by atoms with Crippen LogP contribution in [0.1, 0.15) is 5.56 Å². The maximum absolute atomic E-state index is 10.4. The van der Waals surface area contributed by atoms with Crippen molar-refractivity contribution in [2.45, 2.75) is 0 Å². The largest absolute Gasteiger partial charge is 0.296 e. The van der Waals surface area contributed by atoms with Gasteiger partial charge in [0.15, 0.2) is 6.29 Å². The highest BCUT2D eigenvalue weighted by molar-refractivity contribution is 6.36. The maximum Gasteiger partial charge on any atom is 0.168 e. The van der Waals surface area contributed by atoms with E-state index >= 15 is 0 Å². The van der Waals surface area contributed by atoms with Crippen molar-refractivity contribution in [2.24, 2.45) is 4.99 Å². The zero-order chi connectivity index (χ0) is 8.10. The van der Waals surface area contributed by atoms with Gasteiger partial charge in [0, 0.05) is 12.6 Å². The highest BCUT2D eigenvalue weighted by Crippen LogP contribution is 1.98. The number of carbonyl (C=O) groups excluding carboxylic acids is 1. The number of hydrogen-bond acceptors (Lipinski definition) is 2. The SMILES string of the molecule is CN=C(C=O)c1ccccc1. The highest BCUT2D eigenvalue weighted by Gasteiger charge is 1.96. The second-order valence-electron chi connectivity index (χ2n) is 2.09. The molecule has 2 heteroatoms. The predicted octanol–water partition coefficient (Wildman–Crippen LogP) is 1.30. The van der Waals surface area contributed by atoms with Crippen molar-refractivity contribution >= 4 is 12.0 Å². The molecule has 0 saturated carbocycles. The Morgan fingerprint density at radius 3 is 2.45 bits per heavy atom. The van der Waals surface area contributed by atoms with Gasteiger partial charge < -0.3 is 0 Å². The molecule has 0 spiro atoms. The number of benzene rings is 1. The van der Waals surface area contributed by atoms with Gasteiger partial charge in [-0.15, -0.1) is 0 Å². The molecular weight excluding hydrogens is 138 g/mol. The molecule has 1 rings (SSSR count). The lowest BCUT2D eigenvalue weighted by Crippen LogP contribution is -2.00. The summed E-state index contributed by atoms with van der Waals surface area (Å²) in [7, 11) is 1.61. The van der Waals surface area contributed by atoms with E-state index in [1.54, 1.807) is 7.05 Å². The van der Waals surface area contributed by atoms with Gasteiger partial charge in [-0.05, 0) is 0 Å². The standard InChI is InChI=1S/C9H9NO/c1-10-9(7-11)8-5-3-2-4-6-8/h2-7H,1H3. The smallest absolute Gasteiger partial charge is 0.168 e. The van der Waals surface area contributed by atoms with Gasteiger partial charge >= 0.3 is 0 Å². The van der Waals surface area contributed by atoms with Crippen LogP contribution in [0.4, 0.5) is 0 Å². The van der Waals surface area contributed by atoms with Crippen LogP contribution in [0.5, 0.6) is 0 Å². The van der Waals surface area contributed by atoms with Gasteiger partial charge in [0.25, 0.3) is 0 Å². The lowest BCUT2D eigenvalue weighted by atomic mass is 10.1. The van der Waals surface area contributed by atoms with Gasteiger partial charge in [-0.2, -0.15) is 0 Å². The zero-order valence-corrected chi connectivity index (χ0v) is 6.32. The van der Waals surface area contributed by atoms with E-state index in [1.807, 2.05) is 30.3 Å². The molecule has 0 aliphatic carbocycles. The van der Waals surface area contributed by atoms with Gasteiger partial charge in [-0.3, -0.25) is 9.79 Å². The third kappa shape index (κ3) is 1.74. The Labute approximate surface area is 65.6 Å². The van der Waals surface area contributed by atoms with Crippen LogP contribution in [0.15, 0.2) is 35.3 Å². The van der Waals surface area contributed by atoms with Crippen LogP contribution in [0.3, 0.4) is 0 Å². The van der Waals surface area contributed by atoms with Gasteiger partial charge in [0.05, 0.1) is 0 Å². The van der Waals surface area contributed by atoms with E-state index in [0.29, 0.717) is 5.71 Å². The molecule has 0 unspecified atom stereocenters. The average Bonchev–Trinajstić information content (AvgIpc) is 2.09. The quantitative estimate of drug-likeness (QED) is 0.458. The van der Waals surface area contributed by atoms with Crippen LogP contribution in [-0.4, -0.2) is 19.0 Å². The van der Waals surface area contributed by atoms with Gasteiger partial charge in [0.2, 0.25) is 0 Å². The molecule has 0 bridgehead atoms. The molecule has 0 aromatic heterocycles. The minimum atomic E-state index is 0.491. The van der Waals surface area contributed by atoms with Crippen molar-refractivity contribution in [3.05, 3.63) is 35.9 Å². The fraction of sp³-hybridized carbons (Fsp3) is 0.111. The van der Waals surface area contributed by atoms with E-state index in [2.05, 4.69) is 4.99 Å². The molecular formula is C9H9NO. The molecule has 0 heterocycles. The van der Waals surface area contributed by atoms with Gasteiger partial charge in [-0.25, -0.2) is 0 Å². The highest BCUT2D eigenvalue weighted by atomic mass is 16.1. The van der Waals surface area contributed by atoms with Gasteiger partial charge in [0.1, 0.15) is 5.71 Å². The van der Waals surface area contributed by atoms with Crippen LogP contribution in [0, 0.1) is 0 Å². The average molecular weight is 147 g/mol. The zero-order valence-electron chi connectivity index (χ0n) is 6.32. The van der Waals surface area contributed by atoms with Crippen molar-refractivity contribution in [1.82, 2.24) is 0 Å². The first-order chi connectivity index (χ1) is 5.38. The Kier molecular flexibility index (Phi) is 2.55. The first kappa shape index (κ1) is 7.66. The van der Waals surface area contributed by atoms with Crippen molar-refractivity contribution in [2.75, 3.05) is 7.05 Å². The summed E-state index contributed by atoms with van der Waals surface area (Å²) in [4.78, 5) is 14.2. The molecule has 0 radical (unpaired) electrons. The maximum atomic E-state index is 10.4. The molecule has 2 nitrogen and oxygen atoms in total. The van der Waals surface area contributed by atoms with E-state index in [4.69, 9.17) is 0 Å². The second kappa shape index (κ2) is 3.66. The molecule has 1 aromatic carbocycles. The summed E-state index contributed by atoms with van der Waals surface area (Å²) in [5.41, 5.74) is 1.36. The van der Waals surface area contributed by atoms with Crippen LogP contribution in [-0.2, 0) is 4.79 Å². The van der Waals surface area contributed by atoms with Gasteiger partial charge in [-0.1, -0.05) is 30.3 Å². The van der Waals surface area contributed by atoms with E-state index < -0.39 is 0 Å². The van der Waals surface area contributed by atoms with Crippen molar-refractivity contribution in [3.8, 4) is 0 Å². The first-order valence-electron chi connectivity index (χ1n) is 3.36. The van der Waals surface area contributed by atoms with Crippen LogP contribution in [0.2, 0.25) is 0 Å². The minimum Gasteiger partial charge on any atom is -0.296 e. The molecule has 0 atom stereocenters. The molecule has 0 fully saturated rings. The number of aliphatic imine (C=N–C) groups is 1. The van der Waals surface area contributed by atoms with Crippen molar-refractivity contribution < 1.29 is 4.79 Å². The Bertz CT molecular complexity index is 264. The van der Waals surface area contributed by atoms with E-state index in [0.717, 1.165) is 11.8 Å². The van der Waals surface area contributed by atoms with E-state index in [1.165, 1.54) is 0 Å². The summed E-state index contributed by atoms with van der Waals surface area (Å²) < 4.78 is 0. The molecule has 0 aliphatic heterocycles. The predicted molar refractivity (Wildman–Crippen MR) is 45.0 cm³/mol. The normalized spacial score (nSPS) is 11.2. The minimum absolute atomic E-state index is 0.491. The molecule has 56 valence electrons. The Balaban J connectivity index is 3.01. The Morgan fingerprint density at radius 1 is 1.36 bits per heavy atom. The van der Waals surface area contributed by atoms with Crippen LogP contribution >= 0.6 is 0 Å². The fourth-order valence-electron chi connectivity index (χ4n) is 0.859. The third-order valence-corrected chi connectivity index (χ3v) is 1.42. The topological polar surface area (TPSA) is 29.4 Å². The summed E-state index contributed by atoms with van der Waals surface area (Å²) in [6.07, 6.45) is 0.759. The summed E-state index contributed by atoms with van der Waals surface area (Å²) in [5, 5.41) is 0. The summed E-state index contributed by atoms with van der Waals surface area (Å²) >= 11 is 0. The Hall–Kier alpha value is -1.44. The Morgan fingerprint density at radius 2 is 2.00 bits per heavy atom. The van der Waals surface area contributed by atoms with Crippen LogP contribution < -0.4 is 0 Å². The number of carbonyl (C=O) groups is 1. The monoisotopic (exact) mass is 147 g/mol. The van der Waals surface area contributed by atoms with Crippen LogP contribution in [0.25, 0.3) is 0 Å². The molecule has 0 aliphatic rings. The number of nitrogens with zero attached hydrogens (tertiary/aromatic N) is 1. The van der Waals surface area contributed by atoms with E-state index in [9.17, 15) is 4.79 Å². The molecule has 1 aromatic rings. The lowest BCUT2D eigenvalue weighted by Gasteiger charge is -1.94. The summed E-state index contributed by atoms with van der Waals surface area (Å²) in [6.45, 7) is 0. The van der Waals surface area contributed by atoms with Crippen molar-refractivity contribution in [3.63, 3.8) is 0 Å². The number of aldehydes is 1. The summed E-state index contributed by atoms with van der Waals surface area (Å²) in [5.74, 6) is 0. The second-order valence-corrected chi connectivity index (χ2v) is 2.09. The molecule has 0 amide bonds. The number of rotatable bonds is 2. The van der Waals surface area contributed by atoms with E-state index in [-0.39, 0.29) is 0 Å². The lowest BCUT2D eigenvalue weighted by molar-refractivity contribution is -0.102. The number of hydrogen-bond donors (Lipinski definition) is 0. The molecule has 0 N–H and O–H groups in total. The first-order valence-corrected chi connectivity index (χ1v) is 3.36. The molecule has 0 saturated heterocycles. The third-order valence-electron chi connectivity index (χ3n) is 1.42.